The van der Waals surface area contributed by atoms with Crippen LogP contribution in [-0.4, -0.2) is 61.1 Å². The maximum absolute atomic E-state index is 13.7. The Morgan fingerprint density at radius 1 is 1.22 bits per heavy atom. The standard InChI is InChI=1S/C17H24FN3O2/c18-14-3-1-2-13(12-14)16(20-8-10-23-11-9-20)17(22)21-6-4-15(19)5-7-21/h1-3,12,15-16H,4-11,19H2. The molecule has 5 nitrogen and oxygen atoms in total. The first-order chi connectivity index (χ1) is 11.1. The van der Waals surface area contributed by atoms with E-state index in [-0.39, 0.29) is 17.8 Å². The van der Waals surface area contributed by atoms with Crippen LogP contribution in [0.15, 0.2) is 24.3 Å². The molecule has 0 aliphatic carbocycles. The number of hydrogen-bond donors (Lipinski definition) is 1. The van der Waals surface area contributed by atoms with Gasteiger partial charge in [-0.1, -0.05) is 12.1 Å². The van der Waals surface area contributed by atoms with Crippen LogP contribution in [0.4, 0.5) is 4.39 Å². The third kappa shape index (κ3) is 3.88. The fraction of sp³-hybridized carbons (Fsp3) is 0.588. The van der Waals surface area contributed by atoms with Crippen molar-refractivity contribution in [3.63, 3.8) is 0 Å². The van der Waals surface area contributed by atoms with E-state index in [0.717, 1.165) is 12.8 Å². The second kappa shape index (κ2) is 7.38. The van der Waals surface area contributed by atoms with Crippen LogP contribution < -0.4 is 5.73 Å². The van der Waals surface area contributed by atoms with Crippen molar-refractivity contribution in [1.82, 2.24) is 9.80 Å². The van der Waals surface area contributed by atoms with Crippen LogP contribution in [0.25, 0.3) is 0 Å². The van der Waals surface area contributed by atoms with E-state index in [9.17, 15) is 9.18 Å². The topological polar surface area (TPSA) is 58.8 Å². The first kappa shape index (κ1) is 16.4. The zero-order valence-corrected chi connectivity index (χ0v) is 13.3. The first-order valence-electron chi connectivity index (χ1n) is 8.27. The monoisotopic (exact) mass is 321 g/mol. The number of amides is 1. The molecule has 126 valence electrons. The van der Waals surface area contributed by atoms with Crippen LogP contribution in [0.3, 0.4) is 0 Å². The average molecular weight is 321 g/mol. The molecule has 2 heterocycles. The molecule has 1 amide bonds. The minimum absolute atomic E-state index is 0.0457. The highest BCUT2D eigenvalue weighted by Crippen LogP contribution is 2.26. The van der Waals surface area contributed by atoms with Crippen molar-refractivity contribution in [1.29, 1.82) is 0 Å². The number of halogens is 1. The van der Waals surface area contributed by atoms with Gasteiger partial charge in [0.05, 0.1) is 13.2 Å². The number of nitrogens with two attached hydrogens (primary N) is 1. The fourth-order valence-corrected chi connectivity index (χ4v) is 3.31. The van der Waals surface area contributed by atoms with Gasteiger partial charge in [0.15, 0.2) is 0 Å². The highest BCUT2D eigenvalue weighted by atomic mass is 19.1. The summed E-state index contributed by atoms with van der Waals surface area (Å²) in [7, 11) is 0. The summed E-state index contributed by atoms with van der Waals surface area (Å²) >= 11 is 0. The molecule has 2 saturated heterocycles. The Morgan fingerprint density at radius 3 is 2.57 bits per heavy atom. The predicted molar refractivity (Wildman–Crippen MR) is 85.3 cm³/mol. The van der Waals surface area contributed by atoms with Crippen LogP contribution in [0.2, 0.25) is 0 Å². The van der Waals surface area contributed by atoms with Crippen molar-refractivity contribution in [2.75, 3.05) is 39.4 Å². The Morgan fingerprint density at radius 2 is 1.91 bits per heavy atom. The van der Waals surface area contributed by atoms with Gasteiger partial charge in [0, 0.05) is 32.2 Å². The van der Waals surface area contributed by atoms with Crippen molar-refractivity contribution in [3.8, 4) is 0 Å². The Labute approximate surface area is 136 Å². The molecule has 1 atom stereocenters. The smallest absolute Gasteiger partial charge is 0.244 e. The van der Waals surface area contributed by atoms with E-state index >= 15 is 0 Å². The van der Waals surface area contributed by atoms with Crippen LogP contribution in [0.1, 0.15) is 24.4 Å². The molecule has 2 aliphatic heterocycles. The Balaban J connectivity index is 1.83. The normalized spacial score (nSPS) is 22.1. The summed E-state index contributed by atoms with van der Waals surface area (Å²) in [5, 5.41) is 0. The summed E-state index contributed by atoms with van der Waals surface area (Å²) in [6.07, 6.45) is 1.65. The van der Waals surface area contributed by atoms with E-state index in [0.29, 0.717) is 45.0 Å². The van der Waals surface area contributed by atoms with Gasteiger partial charge in [0.2, 0.25) is 5.91 Å². The fourth-order valence-electron chi connectivity index (χ4n) is 3.31. The van der Waals surface area contributed by atoms with Crippen LogP contribution >= 0.6 is 0 Å². The van der Waals surface area contributed by atoms with Gasteiger partial charge in [-0.2, -0.15) is 0 Å². The maximum atomic E-state index is 13.7. The molecule has 0 spiro atoms. The lowest BCUT2D eigenvalue weighted by Crippen LogP contribution is -2.50. The van der Waals surface area contributed by atoms with Crippen molar-refractivity contribution in [3.05, 3.63) is 35.6 Å². The molecule has 1 unspecified atom stereocenters. The molecule has 0 saturated carbocycles. The average Bonchev–Trinajstić information content (AvgIpc) is 2.57. The minimum atomic E-state index is -0.441. The van der Waals surface area contributed by atoms with Crippen molar-refractivity contribution >= 4 is 5.91 Å². The van der Waals surface area contributed by atoms with Gasteiger partial charge in [0.25, 0.3) is 0 Å². The van der Waals surface area contributed by atoms with Crippen LogP contribution in [0, 0.1) is 5.82 Å². The second-order valence-corrected chi connectivity index (χ2v) is 6.27. The highest BCUT2D eigenvalue weighted by Gasteiger charge is 2.33. The number of carbonyl (C=O) groups is 1. The molecule has 1 aromatic rings. The van der Waals surface area contributed by atoms with Gasteiger partial charge >= 0.3 is 0 Å². The molecule has 6 heteroatoms. The molecule has 2 aliphatic rings. The van der Waals surface area contributed by atoms with Crippen LogP contribution in [0.5, 0.6) is 0 Å². The minimum Gasteiger partial charge on any atom is -0.379 e. The molecule has 3 rings (SSSR count). The number of morpholine rings is 1. The number of rotatable bonds is 3. The number of hydrogen-bond acceptors (Lipinski definition) is 4. The van der Waals surface area contributed by atoms with E-state index in [1.165, 1.54) is 12.1 Å². The number of carbonyl (C=O) groups excluding carboxylic acids is 1. The molecule has 2 N–H and O–H groups in total. The van der Waals surface area contributed by atoms with Crippen molar-refractivity contribution < 1.29 is 13.9 Å². The third-order valence-electron chi connectivity index (χ3n) is 4.66. The zero-order chi connectivity index (χ0) is 16.2. The molecule has 1 aromatic carbocycles. The number of piperidine rings is 1. The van der Waals surface area contributed by atoms with Crippen LogP contribution in [-0.2, 0) is 9.53 Å². The summed E-state index contributed by atoms with van der Waals surface area (Å²) in [6, 6.07) is 6.10. The van der Waals surface area contributed by atoms with Gasteiger partial charge in [0.1, 0.15) is 11.9 Å². The van der Waals surface area contributed by atoms with E-state index in [2.05, 4.69) is 4.90 Å². The Kier molecular flexibility index (Phi) is 5.25. The van der Waals surface area contributed by atoms with Gasteiger partial charge in [-0.25, -0.2) is 4.39 Å². The molecular weight excluding hydrogens is 297 g/mol. The van der Waals surface area contributed by atoms with Gasteiger partial charge < -0.3 is 15.4 Å². The summed E-state index contributed by atoms with van der Waals surface area (Å²) < 4.78 is 19.1. The maximum Gasteiger partial charge on any atom is 0.244 e. The third-order valence-corrected chi connectivity index (χ3v) is 4.66. The number of benzene rings is 1. The van der Waals surface area contributed by atoms with Crippen molar-refractivity contribution in [2.24, 2.45) is 5.73 Å². The van der Waals surface area contributed by atoms with E-state index in [1.54, 1.807) is 6.07 Å². The highest BCUT2D eigenvalue weighted by molar-refractivity contribution is 5.83. The number of nitrogens with zero attached hydrogens (tertiary/aromatic N) is 2. The van der Waals surface area contributed by atoms with E-state index < -0.39 is 6.04 Å². The lowest BCUT2D eigenvalue weighted by atomic mass is 10.00. The Bertz CT molecular complexity index is 540. The molecular formula is C17H24FN3O2. The number of likely N-dealkylation sites (tertiary alicyclic amines) is 1. The lowest BCUT2D eigenvalue weighted by molar-refractivity contribution is -0.140. The lowest BCUT2D eigenvalue weighted by Gasteiger charge is -2.38. The quantitative estimate of drug-likeness (QED) is 0.907. The Hall–Kier alpha value is -1.50. The van der Waals surface area contributed by atoms with Gasteiger partial charge in [-0.05, 0) is 30.5 Å². The number of ether oxygens (including phenoxy) is 1. The van der Waals surface area contributed by atoms with E-state index in [4.69, 9.17) is 10.5 Å². The SMILES string of the molecule is NC1CCN(C(=O)C(c2cccc(F)c2)N2CCOCC2)CC1. The predicted octanol–water partition coefficient (Wildman–Crippen LogP) is 1.15. The van der Waals surface area contributed by atoms with E-state index in [1.807, 2.05) is 11.0 Å². The van der Waals surface area contributed by atoms with Gasteiger partial charge in [-0.15, -0.1) is 0 Å². The second-order valence-electron chi connectivity index (χ2n) is 6.27. The van der Waals surface area contributed by atoms with Crippen molar-refractivity contribution in [2.45, 2.75) is 24.9 Å². The van der Waals surface area contributed by atoms with Gasteiger partial charge in [-0.3, -0.25) is 9.69 Å². The largest absolute Gasteiger partial charge is 0.379 e. The first-order valence-corrected chi connectivity index (χ1v) is 8.27. The molecule has 23 heavy (non-hydrogen) atoms. The summed E-state index contributed by atoms with van der Waals surface area (Å²) in [4.78, 5) is 17.1. The summed E-state index contributed by atoms with van der Waals surface area (Å²) in [6.45, 7) is 3.92. The molecule has 0 radical (unpaired) electrons. The molecule has 0 bridgehead atoms. The summed E-state index contributed by atoms with van der Waals surface area (Å²) in [5.41, 5.74) is 6.65. The summed E-state index contributed by atoms with van der Waals surface area (Å²) in [5.74, 6) is -0.265. The molecule has 2 fully saturated rings. The zero-order valence-electron chi connectivity index (χ0n) is 13.3. The molecule has 0 aromatic heterocycles.